The number of carbonyl (C=O) groups is 1. The number of nitrogens with one attached hydrogen (secondary N) is 1. The Morgan fingerprint density at radius 2 is 2.18 bits per heavy atom. The maximum atomic E-state index is 13.3. The summed E-state index contributed by atoms with van der Waals surface area (Å²) >= 11 is 0. The molecule has 7 heteroatoms. The number of piperidine rings is 1. The largest absolute Gasteiger partial charge is 0.504 e. The first-order valence-corrected chi connectivity index (χ1v) is 11.9. The normalized spacial score (nSPS) is 33.7. The minimum Gasteiger partial charge on any atom is -0.504 e. The number of aromatic nitrogens is 1. The van der Waals surface area contributed by atoms with Crippen LogP contribution in [0, 0.1) is 5.92 Å². The number of phenols is 1. The molecule has 3 N–H and O–H groups in total. The summed E-state index contributed by atoms with van der Waals surface area (Å²) in [4.78, 5) is 19.8. The summed E-state index contributed by atoms with van der Waals surface area (Å²) in [5, 5.41) is 26.1. The highest BCUT2D eigenvalue weighted by Gasteiger charge is 2.71. The number of likely N-dealkylation sites (tertiary alicyclic amines) is 1. The van der Waals surface area contributed by atoms with Gasteiger partial charge >= 0.3 is 0 Å². The first-order valence-electron chi connectivity index (χ1n) is 11.9. The van der Waals surface area contributed by atoms with Crippen molar-refractivity contribution in [3.05, 3.63) is 59.4 Å². The molecule has 1 saturated carbocycles. The van der Waals surface area contributed by atoms with Crippen LogP contribution in [0.2, 0.25) is 0 Å². The van der Waals surface area contributed by atoms with Gasteiger partial charge in [0.15, 0.2) is 11.5 Å². The molecule has 7 rings (SSSR count). The first kappa shape index (κ1) is 19.6. The number of anilines is 1. The van der Waals surface area contributed by atoms with Crippen LogP contribution in [-0.4, -0.2) is 56.8 Å². The van der Waals surface area contributed by atoms with Crippen LogP contribution in [0.3, 0.4) is 0 Å². The zero-order chi connectivity index (χ0) is 22.4. The van der Waals surface area contributed by atoms with Crippen LogP contribution < -0.4 is 10.1 Å². The topological polar surface area (TPSA) is 94.9 Å². The Kier molecular flexibility index (Phi) is 3.90. The molecule has 0 unspecified atom stereocenters. The lowest BCUT2D eigenvalue weighted by Crippen LogP contribution is -2.75. The van der Waals surface area contributed by atoms with Gasteiger partial charge in [0.05, 0.1) is 22.9 Å². The maximum Gasteiger partial charge on any atom is 0.251 e. The molecule has 33 heavy (non-hydrogen) atoms. The standard InChI is InChI=1S/C26H27N3O4/c30-19-6-5-16-10-20-26(32)12-17(24(31)28-18-2-1-8-27-13-18)11-21-25(26,22(16)23(19)33-21)7-9-29(20)14-15-3-4-15/h1-2,5-6,8,11,13,15,20-21,30,32H,3-4,7,9-10,12,14H2,(H,28,31)/t20-,21+,25-,26-/m1/s1. The van der Waals surface area contributed by atoms with Crippen LogP contribution in [0.5, 0.6) is 11.5 Å². The molecule has 3 heterocycles. The van der Waals surface area contributed by atoms with Crippen LogP contribution in [-0.2, 0) is 16.6 Å². The molecule has 0 radical (unpaired) electrons. The lowest BCUT2D eigenvalue weighted by atomic mass is 9.49. The molecular weight excluding hydrogens is 418 g/mol. The highest BCUT2D eigenvalue weighted by Crippen LogP contribution is 2.65. The summed E-state index contributed by atoms with van der Waals surface area (Å²) in [6.45, 7) is 1.89. The van der Waals surface area contributed by atoms with Gasteiger partial charge in [-0.05, 0) is 68.0 Å². The summed E-state index contributed by atoms with van der Waals surface area (Å²) in [5.41, 5.74) is 1.46. The van der Waals surface area contributed by atoms with Gasteiger partial charge in [-0.3, -0.25) is 14.7 Å². The van der Waals surface area contributed by atoms with Crippen molar-refractivity contribution in [2.45, 2.75) is 55.3 Å². The quantitative estimate of drug-likeness (QED) is 0.670. The average molecular weight is 446 g/mol. The van der Waals surface area contributed by atoms with Gasteiger partial charge in [-0.1, -0.05) is 6.07 Å². The highest BCUT2D eigenvalue weighted by atomic mass is 16.5. The number of aromatic hydroxyl groups is 1. The predicted octanol–water partition coefficient (Wildman–Crippen LogP) is 2.53. The van der Waals surface area contributed by atoms with Crippen LogP contribution in [0.1, 0.15) is 36.8 Å². The molecule has 2 bridgehead atoms. The van der Waals surface area contributed by atoms with Crippen molar-refractivity contribution in [1.29, 1.82) is 0 Å². The molecule has 7 nitrogen and oxygen atoms in total. The van der Waals surface area contributed by atoms with Gasteiger partial charge in [0, 0.05) is 36.3 Å². The van der Waals surface area contributed by atoms with Gasteiger partial charge in [0.2, 0.25) is 0 Å². The van der Waals surface area contributed by atoms with E-state index in [4.69, 9.17) is 4.74 Å². The number of pyridine rings is 1. The van der Waals surface area contributed by atoms with E-state index in [0.29, 0.717) is 29.3 Å². The summed E-state index contributed by atoms with van der Waals surface area (Å²) in [5.74, 6) is 1.05. The number of phenolic OH excluding ortho intramolecular Hbond substituents is 1. The molecule has 2 aromatic rings. The van der Waals surface area contributed by atoms with Crippen LogP contribution in [0.25, 0.3) is 0 Å². The third-order valence-electron chi connectivity index (χ3n) is 8.58. The number of hydrogen-bond donors (Lipinski definition) is 3. The Morgan fingerprint density at radius 3 is 2.97 bits per heavy atom. The lowest BCUT2D eigenvalue weighted by molar-refractivity contribution is -0.165. The SMILES string of the molecule is O=C(Nc1cccnc1)C1=C[C@@H]2Oc3c(O)ccc4c3[C@@]23CCN(CC2CC2)[C@H](C4)[C@]3(O)C1. The molecule has 2 fully saturated rings. The fourth-order valence-corrected chi connectivity index (χ4v) is 6.93. The van der Waals surface area contributed by atoms with Gasteiger partial charge in [-0.2, -0.15) is 0 Å². The molecule has 5 aliphatic rings. The second kappa shape index (κ2) is 6.58. The van der Waals surface area contributed by atoms with Crippen molar-refractivity contribution < 1.29 is 19.7 Å². The average Bonchev–Trinajstić information content (AvgIpc) is 3.55. The number of hydrogen-bond acceptors (Lipinski definition) is 6. The van der Waals surface area contributed by atoms with Crippen molar-refractivity contribution in [2.24, 2.45) is 5.92 Å². The van der Waals surface area contributed by atoms with E-state index in [-0.39, 0.29) is 24.1 Å². The number of amides is 1. The number of rotatable bonds is 4. The van der Waals surface area contributed by atoms with Gasteiger partial charge in [-0.25, -0.2) is 0 Å². The van der Waals surface area contributed by atoms with Crippen molar-refractivity contribution >= 4 is 11.6 Å². The molecule has 3 aliphatic carbocycles. The van der Waals surface area contributed by atoms with Crippen LogP contribution in [0.4, 0.5) is 5.69 Å². The monoisotopic (exact) mass is 445 g/mol. The Hall–Kier alpha value is -2.90. The Labute approximate surface area is 192 Å². The fourth-order valence-electron chi connectivity index (χ4n) is 6.93. The number of aliphatic hydroxyl groups is 1. The van der Waals surface area contributed by atoms with Crippen LogP contribution >= 0.6 is 0 Å². The van der Waals surface area contributed by atoms with Crippen LogP contribution in [0.15, 0.2) is 48.3 Å². The third-order valence-corrected chi connectivity index (χ3v) is 8.58. The van der Waals surface area contributed by atoms with Gasteiger partial charge in [0.1, 0.15) is 6.10 Å². The van der Waals surface area contributed by atoms with E-state index in [2.05, 4.69) is 15.2 Å². The fraction of sp³-hybridized carbons (Fsp3) is 0.462. The van der Waals surface area contributed by atoms with Crippen molar-refractivity contribution in [1.82, 2.24) is 9.88 Å². The predicted molar refractivity (Wildman–Crippen MR) is 121 cm³/mol. The number of nitrogens with zero attached hydrogens (tertiary/aromatic N) is 2. The molecule has 1 amide bonds. The summed E-state index contributed by atoms with van der Waals surface area (Å²) < 4.78 is 6.34. The summed E-state index contributed by atoms with van der Waals surface area (Å²) in [7, 11) is 0. The number of ether oxygens (including phenoxy) is 1. The first-order chi connectivity index (χ1) is 16.0. The zero-order valence-corrected chi connectivity index (χ0v) is 18.3. The smallest absolute Gasteiger partial charge is 0.251 e. The lowest BCUT2D eigenvalue weighted by Gasteiger charge is -2.62. The van der Waals surface area contributed by atoms with E-state index in [1.165, 1.54) is 12.8 Å². The van der Waals surface area contributed by atoms with E-state index in [1.807, 2.05) is 12.1 Å². The third kappa shape index (κ3) is 2.58. The molecule has 170 valence electrons. The van der Waals surface area contributed by atoms with Gasteiger partial charge in [0.25, 0.3) is 5.91 Å². The molecule has 1 aromatic heterocycles. The Bertz CT molecular complexity index is 1190. The maximum absolute atomic E-state index is 13.3. The number of benzene rings is 1. The summed E-state index contributed by atoms with van der Waals surface area (Å²) in [6, 6.07) is 7.17. The highest BCUT2D eigenvalue weighted by molar-refractivity contribution is 6.04. The Balaban J connectivity index is 1.34. The van der Waals surface area contributed by atoms with Crippen molar-refractivity contribution in [3.63, 3.8) is 0 Å². The summed E-state index contributed by atoms with van der Waals surface area (Å²) in [6.07, 6.45) is 8.87. The second-order valence-corrected chi connectivity index (χ2v) is 10.4. The Morgan fingerprint density at radius 1 is 1.30 bits per heavy atom. The van der Waals surface area contributed by atoms with E-state index < -0.39 is 17.1 Å². The van der Waals surface area contributed by atoms with Crippen molar-refractivity contribution in [2.75, 3.05) is 18.4 Å². The van der Waals surface area contributed by atoms with Gasteiger partial charge in [-0.15, -0.1) is 0 Å². The second-order valence-electron chi connectivity index (χ2n) is 10.4. The minimum atomic E-state index is -1.15. The minimum absolute atomic E-state index is 0.0872. The number of carbonyl (C=O) groups excluding carboxylic acids is 1. The molecule has 1 aromatic carbocycles. The van der Waals surface area contributed by atoms with E-state index in [0.717, 1.165) is 30.6 Å². The molecular formula is C26H27N3O4. The van der Waals surface area contributed by atoms with E-state index in [9.17, 15) is 15.0 Å². The van der Waals surface area contributed by atoms with Crippen molar-refractivity contribution in [3.8, 4) is 11.5 Å². The molecule has 4 atom stereocenters. The van der Waals surface area contributed by atoms with Gasteiger partial charge < -0.3 is 20.3 Å². The van der Waals surface area contributed by atoms with E-state index in [1.54, 1.807) is 30.6 Å². The molecule has 1 spiro atoms. The molecule has 1 saturated heterocycles. The van der Waals surface area contributed by atoms with E-state index >= 15 is 0 Å². The molecule has 2 aliphatic heterocycles. The zero-order valence-electron chi connectivity index (χ0n) is 18.3.